The lowest BCUT2D eigenvalue weighted by molar-refractivity contribution is 0.0950. The number of ether oxygens (including phenoxy) is 1. The fourth-order valence-electron chi connectivity index (χ4n) is 3.27. The lowest BCUT2D eigenvalue weighted by atomic mass is 10.1. The predicted molar refractivity (Wildman–Crippen MR) is 130 cm³/mol. The molecule has 2 N–H and O–H groups in total. The maximum absolute atomic E-state index is 13.0. The molecule has 0 unspecified atom stereocenters. The van der Waals surface area contributed by atoms with Crippen LogP contribution in [0, 0.1) is 6.92 Å². The minimum absolute atomic E-state index is 0.105. The number of amides is 1. The first-order valence-corrected chi connectivity index (χ1v) is 11.9. The molecule has 0 saturated carbocycles. The van der Waals surface area contributed by atoms with Gasteiger partial charge < -0.3 is 15.0 Å². The maximum Gasteiger partial charge on any atom is 0.265 e. The van der Waals surface area contributed by atoms with Gasteiger partial charge in [0.25, 0.3) is 15.9 Å². The Morgan fingerprint density at radius 3 is 2.18 bits per heavy atom. The minimum Gasteiger partial charge on any atom is -0.495 e. The Morgan fingerprint density at radius 1 is 0.939 bits per heavy atom. The molecule has 33 heavy (non-hydrogen) atoms. The SMILES string of the molecule is COc1ccc(C(=O)NCc2ccc(CN(C)C)cc2)cc1S(=O)(=O)Nc1ccc(C)cc1. The zero-order valence-electron chi connectivity index (χ0n) is 19.3. The molecule has 0 bridgehead atoms. The minimum atomic E-state index is -3.97. The van der Waals surface area contributed by atoms with Gasteiger partial charge in [0, 0.05) is 24.3 Å². The van der Waals surface area contributed by atoms with Gasteiger partial charge in [-0.3, -0.25) is 9.52 Å². The van der Waals surface area contributed by atoms with Crippen LogP contribution >= 0.6 is 0 Å². The van der Waals surface area contributed by atoms with Gasteiger partial charge in [-0.05, 0) is 62.5 Å². The van der Waals surface area contributed by atoms with Crippen molar-refractivity contribution in [2.45, 2.75) is 24.9 Å². The smallest absolute Gasteiger partial charge is 0.265 e. The monoisotopic (exact) mass is 467 g/mol. The molecule has 0 radical (unpaired) electrons. The van der Waals surface area contributed by atoms with E-state index in [1.165, 1.54) is 24.8 Å². The number of sulfonamides is 1. The third-order valence-electron chi connectivity index (χ3n) is 4.99. The van der Waals surface area contributed by atoms with Crippen molar-refractivity contribution in [3.05, 3.63) is 89.0 Å². The molecule has 0 fully saturated rings. The number of aryl methyl sites for hydroxylation is 1. The van der Waals surface area contributed by atoms with Crippen LogP contribution in [0.15, 0.2) is 71.6 Å². The van der Waals surface area contributed by atoms with Crippen LogP contribution < -0.4 is 14.8 Å². The average molecular weight is 468 g/mol. The highest BCUT2D eigenvalue weighted by Crippen LogP contribution is 2.27. The molecular weight excluding hydrogens is 438 g/mol. The van der Waals surface area contributed by atoms with Crippen molar-refractivity contribution >= 4 is 21.6 Å². The molecule has 7 nitrogen and oxygen atoms in total. The van der Waals surface area contributed by atoms with E-state index in [9.17, 15) is 13.2 Å². The van der Waals surface area contributed by atoms with Crippen molar-refractivity contribution in [3.63, 3.8) is 0 Å². The molecule has 1 amide bonds. The summed E-state index contributed by atoms with van der Waals surface area (Å²) in [6.45, 7) is 3.09. The summed E-state index contributed by atoms with van der Waals surface area (Å²) >= 11 is 0. The number of anilines is 1. The average Bonchev–Trinajstić information content (AvgIpc) is 2.79. The second-order valence-corrected chi connectivity index (χ2v) is 9.72. The van der Waals surface area contributed by atoms with Crippen LogP contribution in [0.4, 0.5) is 5.69 Å². The van der Waals surface area contributed by atoms with Crippen LogP contribution in [0.1, 0.15) is 27.0 Å². The first kappa shape index (κ1) is 24.3. The fourth-order valence-corrected chi connectivity index (χ4v) is 4.53. The summed E-state index contributed by atoms with van der Waals surface area (Å²) in [7, 11) is 1.44. The van der Waals surface area contributed by atoms with Gasteiger partial charge in [-0.2, -0.15) is 0 Å². The second kappa shape index (κ2) is 10.5. The molecule has 0 aliphatic carbocycles. The number of nitrogens with zero attached hydrogens (tertiary/aromatic N) is 1. The Morgan fingerprint density at radius 2 is 1.58 bits per heavy atom. The first-order chi connectivity index (χ1) is 15.7. The number of benzene rings is 3. The molecular formula is C25H29N3O4S. The Hall–Kier alpha value is -3.36. The summed E-state index contributed by atoms with van der Waals surface area (Å²) in [5, 5.41) is 2.84. The fraction of sp³-hybridized carbons (Fsp3) is 0.240. The number of hydrogen-bond donors (Lipinski definition) is 2. The third kappa shape index (κ3) is 6.57. The number of rotatable bonds is 9. The van der Waals surface area contributed by atoms with Crippen LogP contribution in [0.3, 0.4) is 0 Å². The summed E-state index contributed by atoms with van der Waals surface area (Å²) < 4.78 is 33.8. The third-order valence-corrected chi connectivity index (χ3v) is 6.40. The van der Waals surface area contributed by atoms with Crippen LogP contribution in [0.5, 0.6) is 5.75 Å². The Kier molecular flexibility index (Phi) is 7.73. The first-order valence-electron chi connectivity index (χ1n) is 10.5. The Labute approximate surface area is 195 Å². The summed E-state index contributed by atoms with van der Waals surface area (Å²) in [6, 6.07) is 19.3. The Bertz CT molecular complexity index is 1210. The molecule has 0 saturated heterocycles. The molecule has 0 aliphatic rings. The summed E-state index contributed by atoms with van der Waals surface area (Å²) in [5.74, 6) is -0.218. The Balaban J connectivity index is 1.75. The molecule has 8 heteroatoms. The van der Waals surface area contributed by atoms with E-state index in [0.29, 0.717) is 12.2 Å². The molecule has 174 valence electrons. The van der Waals surface area contributed by atoms with Crippen LogP contribution in [0.25, 0.3) is 0 Å². The van der Waals surface area contributed by atoms with Crippen molar-refractivity contribution in [3.8, 4) is 5.75 Å². The number of carbonyl (C=O) groups is 1. The van der Waals surface area contributed by atoms with Gasteiger partial charge >= 0.3 is 0 Å². The van der Waals surface area contributed by atoms with E-state index in [2.05, 4.69) is 14.9 Å². The molecule has 0 atom stereocenters. The van der Waals surface area contributed by atoms with Gasteiger partial charge in [0.05, 0.1) is 7.11 Å². The van der Waals surface area contributed by atoms with E-state index in [4.69, 9.17) is 4.74 Å². The zero-order chi connectivity index (χ0) is 24.0. The van der Waals surface area contributed by atoms with Crippen molar-refractivity contribution in [1.29, 1.82) is 0 Å². The van der Waals surface area contributed by atoms with E-state index in [1.807, 2.05) is 57.4 Å². The molecule has 0 heterocycles. The van der Waals surface area contributed by atoms with Gasteiger partial charge in [-0.1, -0.05) is 42.0 Å². The topological polar surface area (TPSA) is 87.7 Å². The number of carbonyl (C=O) groups excluding carboxylic acids is 1. The van der Waals surface area contributed by atoms with E-state index < -0.39 is 10.0 Å². The van der Waals surface area contributed by atoms with Gasteiger partial charge in [-0.15, -0.1) is 0 Å². The second-order valence-electron chi connectivity index (χ2n) is 8.07. The van der Waals surface area contributed by atoms with Crippen LogP contribution in [-0.2, 0) is 23.1 Å². The van der Waals surface area contributed by atoms with E-state index in [1.54, 1.807) is 18.2 Å². The van der Waals surface area contributed by atoms with Crippen LogP contribution in [-0.4, -0.2) is 40.4 Å². The molecule has 3 aromatic rings. The highest BCUT2D eigenvalue weighted by atomic mass is 32.2. The largest absolute Gasteiger partial charge is 0.495 e. The zero-order valence-corrected chi connectivity index (χ0v) is 20.1. The van der Waals surface area contributed by atoms with Crippen LogP contribution in [0.2, 0.25) is 0 Å². The molecule has 3 aromatic carbocycles. The normalized spacial score (nSPS) is 11.3. The van der Waals surface area contributed by atoms with E-state index >= 15 is 0 Å². The highest BCUT2D eigenvalue weighted by Gasteiger charge is 2.22. The highest BCUT2D eigenvalue weighted by molar-refractivity contribution is 7.92. The lowest BCUT2D eigenvalue weighted by Gasteiger charge is -2.14. The van der Waals surface area contributed by atoms with Gasteiger partial charge in [0.15, 0.2) is 0 Å². The van der Waals surface area contributed by atoms with Gasteiger partial charge in [-0.25, -0.2) is 8.42 Å². The van der Waals surface area contributed by atoms with Crippen molar-refractivity contribution < 1.29 is 17.9 Å². The summed E-state index contributed by atoms with van der Waals surface area (Å²) in [4.78, 5) is 14.7. The van der Waals surface area contributed by atoms with E-state index in [0.717, 1.165) is 17.7 Å². The quantitative estimate of drug-likeness (QED) is 0.500. The number of hydrogen-bond acceptors (Lipinski definition) is 5. The number of nitrogens with one attached hydrogen (secondary N) is 2. The molecule has 0 spiro atoms. The molecule has 0 aliphatic heterocycles. The predicted octanol–water partition coefficient (Wildman–Crippen LogP) is 3.80. The molecule has 0 aromatic heterocycles. The lowest BCUT2D eigenvalue weighted by Crippen LogP contribution is -2.23. The number of methoxy groups -OCH3 is 1. The van der Waals surface area contributed by atoms with Crippen molar-refractivity contribution in [2.24, 2.45) is 0 Å². The summed E-state index contributed by atoms with van der Waals surface area (Å²) in [5.41, 5.74) is 3.80. The standard InChI is InChI=1S/C25H29N3O4S/c1-18-5-12-22(13-6-18)27-33(30,31)24-15-21(11-14-23(24)32-4)25(29)26-16-19-7-9-20(10-8-19)17-28(2)3/h5-15,27H,16-17H2,1-4H3,(H,26,29). The van der Waals surface area contributed by atoms with Crippen molar-refractivity contribution in [1.82, 2.24) is 10.2 Å². The maximum atomic E-state index is 13.0. The van der Waals surface area contributed by atoms with Gasteiger partial charge in [0.2, 0.25) is 0 Å². The van der Waals surface area contributed by atoms with E-state index in [-0.39, 0.29) is 22.1 Å². The van der Waals surface area contributed by atoms with Gasteiger partial charge in [0.1, 0.15) is 10.6 Å². The van der Waals surface area contributed by atoms with Crippen molar-refractivity contribution in [2.75, 3.05) is 25.9 Å². The molecule has 3 rings (SSSR count). The summed E-state index contributed by atoms with van der Waals surface area (Å²) in [6.07, 6.45) is 0.